The third-order valence-corrected chi connectivity index (χ3v) is 5.19. The normalized spacial score (nSPS) is 17.4. The fourth-order valence-corrected chi connectivity index (χ4v) is 3.81. The van der Waals surface area contributed by atoms with E-state index in [1.54, 1.807) is 12.3 Å². The second-order valence-electron chi connectivity index (χ2n) is 6.95. The van der Waals surface area contributed by atoms with E-state index in [4.69, 9.17) is 4.42 Å². The first-order chi connectivity index (χ1) is 12.7. The van der Waals surface area contributed by atoms with Gasteiger partial charge in [0.05, 0.1) is 18.0 Å². The molecule has 0 aliphatic carbocycles. The highest BCUT2D eigenvalue weighted by molar-refractivity contribution is 5.95. The molecular formula is C21H23N3O2. The molecule has 0 spiro atoms. The molecular weight excluding hydrogens is 326 g/mol. The average molecular weight is 349 g/mol. The largest absolute Gasteiger partial charge is 0.469 e. The summed E-state index contributed by atoms with van der Waals surface area (Å²) in [5.74, 6) is 1.04. The van der Waals surface area contributed by atoms with Crippen LogP contribution in [0.5, 0.6) is 0 Å². The maximum Gasteiger partial charge on any atom is 0.257 e. The predicted molar refractivity (Wildman–Crippen MR) is 99.2 cm³/mol. The summed E-state index contributed by atoms with van der Waals surface area (Å²) in [7, 11) is 0. The van der Waals surface area contributed by atoms with E-state index in [2.05, 4.69) is 34.5 Å². The van der Waals surface area contributed by atoms with Crippen LogP contribution in [-0.4, -0.2) is 34.1 Å². The quantitative estimate of drug-likeness (QED) is 0.776. The van der Waals surface area contributed by atoms with Crippen molar-refractivity contribution in [3.8, 4) is 0 Å². The van der Waals surface area contributed by atoms with Gasteiger partial charge in [-0.3, -0.25) is 9.89 Å². The van der Waals surface area contributed by atoms with Gasteiger partial charge in [-0.2, -0.15) is 5.10 Å². The van der Waals surface area contributed by atoms with Crippen LogP contribution in [0.4, 0.5) is 0 Å². The minimum atomic E-state index is 0.0603. The Morgan fingerprint density at radius 3 is 2.92 bits per heavy atom. The van der Waals surface area contributed by atoms with E-state index < -0.39 is 0 Å². The smallest absolute Gasteiger partial charge is 0.257 e. The SMILES string of the molecule is Cc1occc1C(=O)N1CCC[C@@H](c2[nH]ncc2Cc2ccccc2)C1. The molecule has 1 aliphatic heterocycles. The van der Waals surface area contributed by atoms with Crippen LogP contribution in [0.1, 0.15) is 51.7 Å². The van der Waals surface area contributed by atoms with Crippen LogP contribution in [0.3, 0.4) is 0 Å². The fraction of sp³-hybridized carbons (Fsp3) is 0.333. The number of nitrogens with zero attached hydrogens (tertiary/aromatic N) is 2. The summed E-state index contributed by atoms with van der Waals surface area (Å²) >= 11 is 0. The van der Waals surface area contributed by atoms with E-state index in [1.165, 1.54) is 11.1 Å². The molecule has 1 aliphatic rings. The Balaban J connectivity index is 1.51. The number of likely N-dealkylation sites (tertiary alicyclic amines) is 1. The summed E-state index contributed by atoms with van der Waals surface area (Å²) in [5, 5.41) is 7.48. The van der Waals surface area contributed by atoms with Crippen molar-refractivity contribution in [2.24, 2.45) is 0 Å². The Morgan fingerprint density at radius 1 is 1.31 bits per heavy atom. The minimum Gasteiger partial charge on any atom is -0.469 e. The zero-order valence-electron chi connectivity index (χ0n) is 14.9. The molecule has 5 heteroatoms. The number of benzene rings is 1. The molecule has 0 unspecified atom stereocenters. The Hall–Kier alpha value is -2.82. The number of hydrogen-bond donors (Lipinski definition) is 1. The van der Waals surface area contributed by atoms with E-state index in [1.807, 2.05) is 24.1 Å². The van der Waals surface area contributed by atoms with Crippen molar-refractivity contribution in [1.29, 1.82) is 0 Å². The summed E-state index contributed by atoms with van der Waals surface area (Å²) in [6, 6.07) is 12.2. The van der Waals surface area contributed by atoms with Crippen molar-refractivity contribution in [3.05, 3.63) is 77.0 Å². The minimum absolute atomic E-state index is 0.0603. The van der Waals surface area contributed by atoms with Gasteiger partial charge in [0.25, 0.3) is 5.91 Å². The molecule has 4 rings (SSSR count). The molecule has 26 heavy (non-hydrogen) atoms. The maximum absolute atomic E-state index is 12.8. The number of furan rings is 1. The first-order valence-electron chi connectivity index (χ1n) is 9.12. The number of H-pyrrole nitrogens is 1. The predicted octanol–water partition coefficient (Wildman–Crippen LogP) is 3.92. The van der Waals surface area contributed by atoms with Crippen LogP contribution in [0.15, 0.2) is 53.3 Å². The first-order valence-corrected chi connectivity index (χ1v) is 9.12. The van der Waals surface area contributed by atoms with Crippen LogP contribution < -0.4 is 0 Å². The van der Waals surface area contributed by atoms with Crippen LogP contribution >= 0.6 is 0 Å². The lowest BCUT2D eigenvalue weighted by molar-refractivity contribution is 0.0704. The van der Waals surface area contributed by atoms with E-state index in [-0.39, 0.29) is 5.91 Å². The number of amides is 1. The van der Waals surface area contributed by atoms with Crippen LogP contribution in [0, 0.1) is 6.92 Å². The molecule has 5 nitrogen and oxygen atoms in total. The number of piperidine rings is 1. The van der Waals surface area contributed by atoms with Gasteiger partial charge in [-0.25, -0.2) is 0 Å². The highest BCUT2D eigenvalue weighted by Gasteiger charge is 2.29. The Labute approximate surface area is 153 Å². The van der Waals surface area contributed by atoms with E-state index in [0.29, 0.717) is 23.8 Å². The molecule has 1 fully saturated rings. The topological polar surface area (TPSA) is 62.1 Å². The number of nitrogens with one attached hydrogen (secondary N) is 1. The molecule has 1 aromatic carbocycles. The standard InChI is InChI=1S/C21H23N3O2/c1-15-19(9-11-26-15)21(25)24-10-5-8-17(14-24)20-18(13-22-23-20)12-16-6-3-2-4-7-16/h2-4,6-7,9,11,13,17H,5,8,10,12,14H2,1H3,(H,22,23)/t17-/m1/s1. The number of aromatic amines is 1. The van der Waals surface area contributed by atoms with Gasteiger partial charge in [0.15, 0.2) is 0 Å². The van der Waals surface area contributed by atoms with Gasteiger partial charge in [-0.05, 0) is 37.0 Å². The van der Waals surface area contributed by atoms with Crippen molar-refractivity contribution in [2.75, 3.05) is 13.1 Å². The van der Waals surface area contributed by atoms with E-state index in [9.17, 15) is 4.79 Å². The van der Waals surface area contributed by atoms with Gasteiger partial charge in [0, 0.05) is 31.1 Å². The van der Waals surface area contributed by atoms with Gasteiger partial charge in [0.2, 0.25) is 0 Å². The third-order valence-electron chi connectivity index (χ3n) is 5.19. The lowest BCUT2D eigenvalue weighted by Gasteiger charge is -2.32. The molecule has 134 valence electrons. The van der Waals surface area contributed by atoms with E-state index >= 15 is 0 Å². The summed E-state index contributed by atoms with van der Waals surface area (Å²) in [5.41, 5.74) is 4.32. The highest BCUT2D eigenvalue weighted by atomic mass is 16.3. The highest BCUT2D eigenvalue weighted by Crippen LogP contribution is 2.30. The zero-order chi connectivity index (χ0) is 17.9. The number of rotatable bonds is 4. The lowest BCUT2D eigenvalue weighted by Crippen LogP contribution is -2.39. The molecule has 1 atom stereocenters. The van der Waals surface area contributed by atoms with Crippen molar-refractivity contribution in [3.63, 3.8) is 0 Å². The molecule has 0 saturated carbocycles. The second-order valence-corrected chi connectivity index (χ2v) is 6.95. The van der Waals surface area contributed by atoms with E-state index in [0.717, 1.165) is 31.5 Å². The Morgan fingerprint density at radius 2 is 2.15 bits per heavy atom. The molecule has 0 bridgehead atoms. The van der Waals surface area contributed by atoms with Crippen molar-refractivity contribution >= 4 is 5.91 Å². The van der Waals surface area contributed by atoms with Crippen molar-refractivity contribution in [2.45, 2.75) is 32.1 Å². The Kier molecular flexibility index (Phi) is 4.61. The zero-order valence-corrected chi connectivity index (χ0v) is 14.9. The van der Waals surface area contributed by atoms with Gasteiger partial charge < -0.3 is 9.32 Å². The van der Waals surface area contributed by atoms with Crippen molar-refractivity contribution < 1.29 is 9.21 Å². The molecule has 3 aromatic rings. The fourth-order valence-electron chi connectivity index (χ4n) is 3.81. The van der Waals surface area contributed by atoms with Gasteiger partial charge in [-0.15, -0.1) is 0 Å². The second kappa shape index (κ2) is 7.20. The summed E-state index contributed by atoms with van der Waals surface area (Å²) in [6.07, 6.45) is 6.42. The number of aromatic nitrogens is 2. The summed E-state index contributed by atoms with van der Waals surface area (Å²) in [6.45, 7) is 3.34. The van der Waals surface area contributed by atoms with Gasteiger partial charge in [-0.1, -0.05) is 30.3 Å². The monoisotopic (exact) mass is 349 g/mol. The average Bonchev–Trinajstić information content (AvgIpc) is 3.31. The number of hydrogen-bond acceptors (Lipinski definition) is 3. The van der Waals surface area contributed by atoms with Crippen LogP contribution in [-0.2, 0) is 6.42 Å². The third kappa shape index (κ3) is 3.29. The molecule has 3 heterocycles. The Bertz CT molecular complexity index is 882. The number of carbonyl (C=O) groups excluding carboxylic acids is 1. The van der Waals surface area contributed by atoms with Crippen LogP contribution in [0.2, 0.25) is 0 Å². The van der Waals surface area contributed by atoms with Gasteiger partial charge >= 0.3 is 0 Å². The molecule has 1 saturated heterocycles. The van der Waals surface area contributed by atoms with Crippen LogP contribution in [0.25, 0.3) is 0 Å². The molecule has 2 aromatic heterocycles. The summed E-state index contributed by atoms with van der Waals surface area (Å²) < 4.78 is 5.30. The molecule has 1 N–H and O–H groups in total. The van der Waals surface area contributed by atoms with Crippen molar-refractivity contribution in [1.82, 2.24) is 15.1 Å². The lowest BCUT2D eigenvalue weighted by atomic mass is 9.90. The summed E-state index contributed by atoms with van der Waals surface area (Å²) in [4.78, 5) is 14.8. The maximum atomic E-state index is 12.8. The molecule has 0 radical (unpaired) electrons. The number of aryl methyl sites for hydroxylation is 1. The molecule has 1 amide bonds. The first kappa shape index (κ1) is 16.6. The number of carbonyl (C=O) groups is 1. The van der Waals surface area contributed by atoms with Gasteiger partial charge in [0.1, 0.15) is 5.76 Å².